The van der Waals surface area contributed by atoms with Crippen molar-refractivity contribution >= 4 is 0 Å². The van der Waals surface area contributed by atoms with Gasteiger partial charge in [-0.1, -0.05) is 12.8 Å². The maximum atomic E-state index is 8.84. The molecule has 2 aliphatic rings. The standard InChI is InChI=1S/C14H26O2/c1-11-10-12-6-2-3-7-13(12)14(16-11)8-4-5-9-15/h11-15H,2-10H2,1H3/t11-,12+,13-,14+/m1/s1. The second-order valence-electron chi connectivity index (χ2n) is 5.65. The Bertz CT molecular complexity index is 205. The van der Waals surface area contributed by atoms with Gasteiger partial charge < -0.3 is 9.84 Å². The summed E-state index contributed by atoms with van der Waals surface area (Å²) in [5, 5.41) is 8.84. The van der Waals surface area contributed by atoms with E-state index in [1.165, 1.54) is 32.1 Å². The summed E-state index contributed by atoms with van der Waals surface area (Å²) in [5.41, 5.74) is 0. The van der Waals surface area contributed by atoms with Crippen LogP contribution in [0.3, 0.4) is 0 Å². The smallest absolute Gasteiger partial charge is 0.0609 e. The highest BCUT2D eigenvalue weighted by molar-refractivity contribution is 4.87. The van der Waals surface area contributed by atoms with Gasteiger partial charge in [0, 0.05) is 6.61 Å². The van der Waals surface area contributed by atoms with E-state index in [-0.39, 0.29) is 0 Å². The van der Waals surface area contributed by atoms with E-state index in [1.54, 1.807) is 0 Å². The molecule has 0 bridgehead atoms. The van der Waals surface area contributed by atoms with Gasteiger partial charge in [0.2, 0.25) is 0 Å². The van der Waals surface area contributed by atoms with Gasteiger partial charge >= 0.3 is 0 Å². The molecule has 0 aromatic heterocycles. The topological polar surface area (TPSA) is 29.5 Å². The van der Waals surface area contributed by atoms with Crippen molar-refractivity contribution in [2.75, 3.05) is 6.61 Å². The van der Waals surface area contributed by atoms with Gasteiger partial charge in [0.25, 0.3) is 0 Å². The Hall–Kier alpha value is -0.0800. The predicted molar refractivity (Wildman–Crippen MR) is 65.3 cm³/mol. The van der Waals surface area contributed by atoms with Crippen molar-refractivity contribution in [3.05, 3.63) is 0 Å². The molecule has 2 fully saturated rings. The zero-order chi connectivity index (χ0) is 11.4. The molecule has 1 heterocycles. The van der Waals surface area contributed by atoms with Gasteiger partial charge in [-0.3, -0.25) is 0 Å². The van der Waals surface area contributed by atoms with Crippen LogP contribution in [0.5, 0.6) is 0 Å². The predicted octanol–water partition coefficient (Wildman–Crippen LogP) is 3.13. The zero-order valence-corrected chi connectivity index (χ0v) is 10.5. The van der Waals surface area contributed by atoms with Crippen molar-refractivity contribution in [3.8, 4) is 0 Å². The summed E-state index contributed by atoms with van der Waals surface area (Å²) in [6.45, 7) is 2.56. The van der Waals surface area contributed by atoms with E-state index in [2.05, 4.69) is 6.92 Å². The van der Waals surface area contributed by atoms with Crippen molar-refractivity contribution < 1.29 is 9.84 Å². The van der Waals surface area contributed by atoms with E-state index in [1.807, 2.05) is 0 Å². The molecular weight excluding hydrogens is 200 g/mol. The van der Waals surface area contributed by atoms with Gasteiger partial charge in [0.15, 0.2) is 0 Å². The molecule has 0 radical (unpaired) electrons. The van der Waals surface area contributed by atoms with Crippen LogP contribution in [-0.2, 0) is 4.74 Å². The number of aliphatic hydroxyl groups is 1. The van der Waals surface area contributed by atoms with Crippen LogP contribution in [0, 0.1) is 11.8 Å². The fourth-order valence-corrected chi connectivity index (χ4v) is 3.64. The molecule has 2 nitrogen and oxygen atoms in total. The van der Waals surface area contributed by atoms with Crippen molar-refractivity contribution in [2.45, 2.75) is 70.5 Å². The molecule has 2 rings (SSSR count). The van der Waals surface area contributed by atoms with Gasteiger partial charge in [0.1, 0.15) is 0 Å². The van der Waals surface area contributed by atoms with E-state index < -0.39 is 0 Å². The van der Waals surface area contributed by atoms with Crippen molar-refractivity contribution in [1.82, 2.24) is 0 Å². The zero-order valence-electron chi connectivity index (χ0n) is 10.5. The molecule has 0 unspecified atom stereocenters. The molecule has 1 N–H and O–H groups in total. The molecule has 16 heavy (non-hydrogen) atoms. The SMILES string of the molecule is C[C@@H]1C[C@@H]2CCCC[C@H]2[C@H](CCCCO)O1. The Labute approximate surface area is 99.4 Å². The number of hydrogen-bond acceptors (Lipinski definition) is 2. The lowest BCUT2D eigenvalue weighted by Crippen LogP contribution is -2.41. The first kappa shape index (κ1) is 12.4. The Morgan fingerprint density at radius 1 is 1.19 bits per heavy atom. The first-order valence-electron chi connectivity index (χ1n) is 7.07. The van der Waals surface area contributed by atoms with Crippen LogP contribution in [0.15, 0.2) is 0 Å². The molecule has 4 atom stereocenters. The lowest BCUT2D eigenvalue weighted by atomic mass is 9.71. The van der Waals surface area contributed by atoms with Crippen molar-refractivity contribution in [2.24, 2.45) is 11.8 Å². The summed E-state index contributed by atoms with van der Waals surface area (Å²) in [4.78, 5) is 0. The largest absolute Gasteiger partial charge is 0.396 e. The van der Waals surface area contributed by atoms with Crippen LogP contribution in [0.25, 0.3) is 0 Å². The number of unbranched alkanes of at least 4 members (excludes halogenated alkanes) is 1. The molecule has 2 heteroatoms. The summed E-state index contributed by atoms with van der Waals surface area (Å²) in [6, 6.07) is 0. The molecule has 0 amide bonds. The first-order chi connectivity index (χ1) is 7.81. The van der Waals surface area contributed by atoms with Crippen LogP contribution in [0.4, 0.5) is 0 Å². The monoisotopic (exact) mass is 226 g/mol. The minimum absolute atomic E-state index is 0.330. The molecular formula is C14H26O2. The Morgan fingerprint density at radius 2 is 2.00 bits per heavy atom. The third-order valence-corrected chi connectivity index (χ3v) is 4.38. The lowest BCUT2D eigenvalue weighted by molar-refractivity contribution is -0.116. The minimum atomic E-state index is 0.330. The minimum Gasteiger partial charge on any atom is -0.396 e. The van der Waals surface area contributed by atoms with Crippen LogP contribution in [-0.4, -0.2) is 23.9 Å². The third-order valence-electron chi connectivity index (χ3n) is 4.38. The first-order valence-corrected chi connectivity index (χ1v) is 7.07. The van der Waals surface area contributed by atoms with Gasteiger partial charge in [-0.05, 0) is 57.3 Å². The maximum absolute atomic E-state index is 8.84. The van der Waals surface area contributed by atoms with Crippen LogP contribution in [0.2, 0.25) is 0 Å². The average Bonchev–Trinajstić information content (AvgIpc) is 2.29. The molecule has 0 spiro atoms. The summed E-state index contributed by atoms with van der Waals surface area (Å²) >= 11 is 0. The molecule has 1 aliphatic carbocycles. The highest BCUT2D eigenvalue weighted by atomic mass is 16.5. The van der Waals surface area contributed by atoms with Gasteiger partial charge in [-0.25, -0.2) is 0 Å². The fourth-order valence-electron chi connectivity index (χ4n) is 3.64. The second-order valence-corrected chi connectivity index (χ2v) is 5.65. The van der Waals surface area contributed by atoms with Crippen molar-refractivity contribution in [1.29, 1.82) is 0 Å². The van der Waals surface area contributed by atoms with E-state index in [9.17, 15) is 0 Å². The van der Waals surface area contributed by atoms with E-state index in [4.69, 9.17) is 9.84 Å². The molecule has 94 valence electrons. The highest BCUT2D eigenvalue weighted by Gasteiger charge is 2.37. The average molecular weight is 226 g/mol. The van der Waals surface area contributed by atoms with E-state index in [0.717, 1.165) is 31.1 Å². The summed E-state index contributed by atoms with van der Waals surface area (Å²) in [5.74, 6) is 1.75. The third kappa shape index (κ3) is 2.98. The number of hydrogen-bond donors (Lipinski definition) is 1. The lowest BCUT2D eigenvalue weighted by Gasteiger charge is -2.44. The van der Waals surface area contributed by atoms with Crippen LogP contribution in [0.1, 0.15) is 58.3 Å². The fraction of sp³-hybridized carbons (Fsp3) is 1.00. The number of aliphatic hydroxyl groups excluding tert-OH is 1. The maximum Gasteiger partial charge on any atom is 0.0609 e. The normalized spacial score (nSPS) is 39.4. The molecule has 1 saturated carbocycles. The van der Waals surface area contributed by atoms with E-state index in [0.29, 0.717) is 18.8 Å². The molecule has 0 aromatic carbocycles. The summed E-state index contributed by atoms with van der Waals surface area (Å²) in [6.07, 6.45) is 11.1. The van der Waals surface area contributed by atoms with Crippen LogP contribution >= 0.6 is 0 Å². The Morgan fingerprint density at radius 3 is 2.81 bits per heavy atom. The van der Waals surface area contributed by atoms with Crippen LogP contribution < -0.4 is 0 Å². The Kier molecular flexibility index (Phi) is 4.66. The molecule has 1 saturated heterocycles. The second kappa shape index (κ2) is 6.02. The van der Waals surface area contributed by atoms with Gasteiger partial charge in [0.05, 0.1) is 12.2 Å². The molecule has 0 aromatic rings. The summed E-state index contributed by atoms with van der Waals surface area (Å²) < 4.78 is 6.12. The van der Waals surface area contributed by atoms with E-state index >= 15 is 0 Å². The molecule has 1 aliphatic heterocycles. The quantitative estimate of drug-likeness (QED) is 0.746. The number of rotatable bonds is 4. The van der Waals surface area contributed by atoms with Crippen molar-refractivity contribution in [3.63, 3.8) is 0 Å². The number of ether oxygens (including phenoxy) is 1. The highest BCUT2D eigenvalue weighted by Crippen LogP contribution is 2.42. The number of fused-ring (bicyclic) bond motifs is 1. The van der Waals surface area contributed by atoms with Gasteiger partial charge in [-0.15, -0.1) is 0 Å². The Balaban J connectivity index is 1.87. The summed E-state index contributed by atoms with van der Waals surface area (Å²) in [7, 11) is 0. The van der Waals surface area contributed by atoms with Gasteiger partial charge in [-0.2, -0.15) is 0 Å².